The van der Waals surface area contributed by atoms with Gasteiger partial charge in [-0.15, -0.1) is 0 Å². The minimum Gasteiger partial charge on any atom is -0.382 e. The van der Waals surface area contributed by atoms with E-state index in [1.54, 1.807) is 0 Å². The van der Waals surface area contributed by atoms with Crippen molar-refractivity contribution in [3.63, 3.8) is 0 Å². The van der Waals surface area contributed by atoms with Crippen LogP contribution < -0.4 is 5.32 Å². The molecule has 0 heterocycles. The van der Waals surface area contributed by atoms with Crippen LogP contribution in [-0.2, 0) is 4.74 Å². The second-order valence-electron chi connectivity index (χ2n) is 5.12. The molecule has 1 fully saturated rings. The first-order valence-corrected chi connectivity index (χ1v) is 6.53. The van der Waals surface area contributed by atoms with Crippen molar-refractivity contribution in [1.82, 2.24) is 5.32 Å². The Hall–Kier alpha value is -0.0800. The van der Waals surface area contributed by atoms with Gasteiger partial charge in [-0.25, -0.2) is 0 Å². The zero-order valence-corrected chi connectivity index (χ0v) is 10.6. The summed E-state index contributed by atoms with van der Waals surface area (Å²) in [6.07, 6.45) is 5.28. The van der Waals surface area contributed by atoms with Gasteiger partial charge in [0.05, 0.1) is 0 Å². The van der Waals surface area contributed by atoms with Crippen molar-refractivity contribution in [1.29, 1.82) is 0 Å². The van der Waals surface area contributed by atoms with Gasteiger partial charge in [-0.05, 0) is 51.0 Å². The molecule has 1 N–H and O–H groups in total. The Morgan fingerprint density at radius 3 is 2.40 bits per heavy atom. The zero-order chi connectivity index (χ0) is 11.1. The minimum absolute atomic E-state index is 0.755. The first-order chi connectivity index (χ1) is 7.22. The van der Waals surface area contributed by atoms with Crippen molar-refractivity contribution < 1.29 is 4.74 Å². The standard InChI is InChI=1S/C13H27NO/c1-4-15-7-5-6-14-13-9-11(2)8-12(3)10-13/h11-14H,4-10H2,1-3H3. The average Bonchev–Trinajstić information content (AvgIpc) is 2.16. The third-order valence-corrected chi connectivity index (χ3v) is 3.28. The molecule has 0 bridgehead atoms. The molecule has 0 spiro atoms. The molecular formula is C13H27NO. The monoisotopic (exact) mass is 213 g/mol. The molecular weight excluding hydrogens is 186 g/mol. The summed E-state index contributed by atoms with van der Waals surface area (Å²) in [5.74, 6) is 1.80. The Labute approximate surface area is 94.8 Å². The molecule has 2 heteroatoms. The fraction of sp³-hybridized carbons (Fsp3) is 1.00. The molecule has 0 aromatic carbocycles. The summed E-state index contributed by atoms with van der Waals surface area (Å²) in [4.78, 5) is 0. The van der Waals surface area contributed by atoms with Crippen molar-refractivity contribution in [3.05, 3.63) is 0 Å². The zero-order valence-electron chi connectivity index (χ0n) is 10.6. The summed E-state index contributed by atoms with van der Waals surface area (Å²) < 4.78 is 5.33. The maximum Gasteiger partial charge on any atom is 0.0477 e. The lowest BCUT2D eigenvalue weighted by Gasteiger charge is -2.32. The maximum absolute atomic E-state index is 5.33. The van der Waals surface area contributed by atoms with Crippen molar-refractivity contribution in [3.8, 4) is 0 Å². The normalized spacial score (nSPS) is 31.8. The molecule has 0 amide bonds. The van der Waals surface area contributed by atoms with E-state index in [0.717, 1.165) is 44.1 Å². The van der Waals surface area contributed by atoms with Crippen LogP contribution in [0.2, 0.25) is 0 Å². The van der Waals surface area contributed by atoms with E-state index in [2.05, 4.69) is 26.1 Å². The van der Waals surface area contributed by atoms with E-state index in [9.17, 15) is 0 Å². The van der Waals surface area contributed by atoms with Gasteiger partial charge in [-0.1, -0.05) is 13.8 Å². The quantitative estimate of drug-likeness (QED) is 0.685. The van der Waals surface area contributed by atoms with E-state index in [-0.39, 0.29) is 0 Å². The van der Waals surface area contributed by atoms with E-state index in [4.69, 9.17) is 4.74 Å². The van der Waals surface area contributed by atoms with Gasteiger partial charge in [0.25, 0.3) is 0 Å². The van der Waals surface area contributed by atoms with Crippen LogP contribution in [0.25, 0.3) is 0 Å². The molecule has 0 aliphatic heterocycles. The van der Waals surface area contributed by atoms with Crippen molar-refractivity contribution in [2.75, 3.05) is 19.8 Å². The highest BCUT2D eigenvalue weighted by Gasteiger charge is 2.22. The number of hydrogen-bond donors (Lipinski definition) is 1. The number of rotatable bonds is 6. The molecule has 15 heavy (non-hydrogen) atoms. The predicted molar refractivity (Wildman–Crippen MR) is 65.1 cm³/mol. The molecule has 2 nitrogen and oxygen atoms in total. The van der Waals surface area contributed by atoms with Gasteiger partial charge >= 0.3 is 0 Å². The minimum atomic E-state index is 0.755. The highest BCUT2D eigenvalue weighted by atomic mass is 16.5. The van der Waals surface area contributed by atoms with E-state index in [0.29, 0.717) is 0 Å². The highest BCUT2D eigenvalue weighted by molar-refractivity contribution is 4.79. The summed E-state index contributed by atoms with van der Waals surface area (Å²) in [5, 5.41) is 3.66. The third-order valence-electron chi connectivity index (χ3n) is 3.28. The largest absolute Gasteiger partial charge is 0.382 e. The Bertz CT molecular complexity index is 151. The first-order valence-electron chi connectivity index (χ1n) is 6.53. The summed E-state index contributed by atoms with van der Waals surface area (Å²) in [6, 6.07) is 0.755. The number of hydrogen-bond acceptors (Lipinski definition) is 2. The van der Waals surface area contributed by atoms with Crippen LogP contribution in [0.5, 0.6) is 0 Å². The predicted octanol–water partition coefficient (Wildman–Crippen LogP) is 2.83. The Kier molecular flexibility index (Phi) is 6.26. The highest BCUT2D eigenvalue weighted by Crippen LogP contribution is 2.28. The lowest BCUT2D eigenvalue weighted by molar-refractivity contribution is 0.142. The van der Waals surface area contributed by atoms with Crippen LogP contribution in [0.1, 0.15) is 46.5 Å². The summed E-state index contributed by atoms with van der Waals surface area (Å²) in [7, 11) is 0. The summed E-state index contributed by atoms with van der Waals surface area (Å²) in [5.41, 5.74) is 0. The average molecular weight is 213 g/mol. The van der Waals surface area contributed by atoms with Crippen LogP contribution in [0, 0.1) is 11.8 Å². The van der Waals surface area contributed by atoms with Crippen molar-refractivity contribution in [2.24, 2.45) is 11.8 Å². The van der Waals surface area contributed by atoms with Crippen LogP contribution in [0.3, 0.4) is 0 Å². The van der Waals surface area contributed by atoms with E-state index >= 15 is 0 Å². The summed E-state index contributed by atoms with van der Waals surface area (Å²) >= 11 is 0. The molecule has 0 radical (unpaired) electrons. The van der Waals surface area contributed by atoms with Gasteiger partial charge < -0.3 is 10.1 Å². The van der Waals surface area contributed by atoms with Gasteiger partial charge in [-0.2, -0.15) is 0 Å². The lowest BCUT2D eigenvalue weighted by Crippen LogP contribution is -2.37. The summed E-state index contributed by atoms with van der Waals surface area (Å²) in [6.45, 7) is 9.68. The van der Waals surface area contributed by atoms with Gasteiger partial charge in [0.1, 0.15) is 0 Å². The van der Waals surface area contributed by atoms with Gasteiger partial charge in [0.2, 0.25) is 0 Å². The molecule has 1 aliphatic carbocycles. The second-order valence-corrected chi connectivity index (χ2v) is 5.12. The smallest absolute Gasteiger partial charge is 0.0477 e. The molecule has 2 atom stereocenters. The fourth-order valence-electron chi connectivity index (χ4n) is 2.74. The molecule has 90 valence electrons. The second kappa shape index (κ2) is 7.24. The van der Waals surface area contributed by atoms with Crippen LogP contribution >= 0.6 is 0 Å². The Morgan fingerprint density at radius 2 is 1.80 bits per heavy atom. The SMILES string of the molecule is CCOCCCNC1CC(C)CC(C)C1. The molecule has 0 aromatic rings. The van der Waals surface area contributed by atoms with Gasteiger partial charge in [-0.3, -0.25) is 0 Å². The van der Waals surface area contributed by atoms with Crippen molar-refractivity contribution >= 4 is 0 Å². The van der Waals surface area contributed by atoms with E-state index in [1.807, 2.05) is 0 Å². The Balaban J connectivity index is 2.04. The van der Waals surface area contributed by atoms with Crippen LogP contribution in [-0.4, -0.2) is 25.8 Å². The van der Waals surface area contributed by atoms with Crippen molar-refractivity contribution in [2.45, 2.75) is 52.5 Å². The number of nitrogens with one attached hydrogen (secondary N) is 1. The fourth-order valence-corrected chi connectivity index (χ4v) is 2.74. The maximum atomic E-state index is 5.33. The topological polar surface area (TPSA) is 21.3 Å². The number of ether oxygens (including phenoxy) is 1. The van der Waals surface area contributed by atoms with Crippen LogP contribution in [0.15, 0.2) is 0 Å². The molecule has 1 saturated carbocycles. The third kappa shape index (κ3) is 5.53. The Morgan fingerprint density at radius 1 is 1.13 bits per heavy atom. The first kappa shape index (κ1) is 13.0. The molecule has 2 unspecified atom stereocenters. The molecule has 0 aromatic heterocycles. The molecule has 1 aliphatic rings. The van der Waals surface area contributed by atoms with Gasteiger partial charge in [0, 0.05) is 19.3 Å². The van der Waals surface area contributed by atoms with Crippen LogP contribution in [0.4, 0.5) is 0 Å². The molecule has 1 rings (SSSR count). The van der Waals surface area contributed by atoms with E-state index in [1.165, 1.54) is 19.3 Å². The van der Waals surface area contributed by atoms with E-state index < -0.39 is 0 Å². The molecule has 0 saturated heterocycles. The lowest BCUT2D eigenvalue weighted by atomic mass is 9.80. The van der Waals surface area contributed by atoms with Gasteiger partial charge in [0.15, 0.2) is 0 Å².